The predicted molar refractivity (Wildman–Crippen MR) is 106 cm³/mol. The molecule has 1 aliphatic rings. The summed E-state index contributed by atoms with van der Waals surface area (Å²) in [6.45, 7) is 1.74. The Labute approximate surface area is 170 Å². The van der Waals surface area contributed by atoms with Crippen LogP contribution in [0.15, 0.2) is 40.6 Å². The Bertz CT molecular complexity index is 1200. The first kappa shape index (κ1) is 20.5. The lowest BCUT2D eigenvalue weighted by Crippen LogP contribution is -2.35. The van der Waals surface area contributed by atoms with E-state index in [1.165, 1.54) is 31.5 Å². The molecule has 0 saturated heterocycles. The van der Waals surface area contributed by atoms with Crippen molar-refractivity contribution in [2.24, 2.45) is 11.4 Å². The Morgan fingerprint density at radius 1 is 1.31 bits per heavy atom. The van der Waals surface area contributed by atoms with Gasteiger partial charge in [-0.15, -0.1) is 4.40 Å². The van der Waals surface area contributed by atoms with Gasteiger partial charge in [0.1, 0.15) is 5.70 Å². The van der Waals surface area contributed by atoms with Gasteiger partial charge in [-0.2, -0.15) is 13.5 Å². The van der Waals surface area contributed by atoms with E-state index in [4.69, 9.17) is 11.6 Å². The summed E-state index contributed by atoms with van der Waals surface area (Å²) < 4.78 is 30.9. The molecule has 1 aromatic carbocycles. The average molecular weight is 439 g/mol. The fraction of sp³-hybridized carbons (Fsp3) is 0.188. The van der Waals surface area contributed by atoms with Gasteiger partial charge in [0, 0.05) is 37.5 Å². The van der Waals surface area contributed by atoms with E-state index < -0.39 is 21.0 Å². The quantitative estimate of drug-likeness (QED) is 0.570. The number of benzene rings is 1. The Balaban J connectivity index is 1.98. The number of nitrogens with one attached hydrogen (secondary N) is 1. The molecule has 0 unspecified atom stereocenters. The minimum absolute atomic E-state index is 0.0635. The summed E-state index contributed by atoms with van der Waals surface area (Å²) >= 11 is 5.99. The molecule has 3 rings (SSSR count). The molecule has 11 nitrogen and oxygen atoms in total. The van der Waals surface area contributed by atoms with E-state index in [1.54, 1.807) is 18.7 Å². The first-order valence-corrected chi connectivity index (χ1v) is 9.83. The number of allylic oxidation sites excluding steroid dienone is 1. The SMILES string of the molecule is Cc1c(C2=NS(=O)(=O)N(C)C(C(=O)Nc3ccc([N+](=O)[O-])cc3Cl)=C2)cnn1C. The lowest BCUT2D eigenvalue weighted by Gasteiger charge is -2.23. The third kappa shape index (κ3) is 3.84. The molecule has 1 amide bonds. The van der Waals surface area contributed by atoms with Crippen molar-refractivity contribution in [1.29, 1.82) is 0 Å². The molecule has 0 radical (unpaired) electrons. The van der Waals surface area contributed by atoms with E-state index in [-0.39, 0.29) is 27.8 Å². The average Bonchev–Trinajstić information content (AvgIpc) is 2.97. The van der Waals surface area contributed by atoms with Gasteiger partial charge >= 0.3 is 10.2 Å². The van der Waals surface area contributed by atoms with Crippen LogP contribution in [-0.2, 0) is 22.1 Å². The van der Waals surface area contributed by atoms with Crippen LogP contribution < -0.4 is 5.32 Å². The molecule has 152 valence electrons. The molecule has 0 aliphatic carbocycles. The van der Waals surface area contributed by atoms with Crippen LogP contribution in [0.5, 0.6) is 0 Å². The number of non-ortho nitro benzene ring substituents is 1. The lowest BCUT2D eigenvalue weighted by molar-refractivity contribution is -0.384. The van der Waals surface area contributed by atoms with Crippen molar-refractivity contribution in [2.75, 3.05) is 12.4 Å². The third-order valence-corrected chi connectivity index (χ3v) is 5.96. The standard InChI is InChI=1S/C16H15ClN6O5S/c1-9-11(8-18-21(9)2)14-7-15(22(3)29(27,28)20-14)16(24)19-13-5-4-10(23(25)26)6-12(13)17/h4-8H,1-3H3,(H,19,24). The van der Waals surface area contributed by atoms with Gasteiger partial charge in [0.25, 0.3) is 11.6 Å². The Hall–Kier alpha value is -3.25. The highest BCUT2D eigenvalue weighted by Crippen LogP contribution is 2.28. The van der Waals surface area contributed by atoms with Gasteiger partial charge < -0.3 is 5.32 Å². The smallest absolute Gasteiger partial charge is 0.319 e. The highest BCUT2D eigenvalue weighted by molar-refractivity contribution is 7.88. The largest absolute Gasteiger partial charge is 0.345 e. The van der Waals surface area contributed by atoms with Crippen LogP contribution in [-0.4, -0.2) is 46.1 Å². The van der Waals surface area contributed by atoms with Gasteiger partial charge in [-0.25, -0.2) is 4.31 Å². The Morgan fingerprint density at radius 2 is 2.00 bits per heavy atom. The van der Waals surface area contributed by atoms with Crippen LogP contribution in [0.3, 0.4) is 0 Å². The van der Waals surface area contributed by atoms with Crippen molar-refractivity contribution in [3.8, 4) is 0 Å². The van der Waals surface area contributed by atoms with Gasteiger partial charge in [0.15, 0.2) is 0 Å². The number of rotatable bonds is 4. The molecule has 0 fully saturated rings. The first-order valence-electron chi connectivity index (χ1n) is 8.06. The number of amides is 1. The molecule has 2 aromatic rings. The van der Waals surface area contributed by atoms with Crippen molar-refractivity contribution in [1.82, 2.24) is 14.1 Å². The van der Waals surface area contributed by atoms with Gasteiger partial charge in [-0.1, -0.05) is 11.6 Å². The summed E-state index contributed by atoms with van der Waals surface area (Å²) in [4.78, 5) is 22.9. The molecule has 29 heavy (non-hydrogen) atoms. The zero-order chi connectivity index (χ0) is 21.5. The zero-order valence-electron chi connectivity index (χ0n) is 15.5. The van der Waals surface area contributed by atoms with Crippen molar-refractivity contribution in [3.05, 3.63) is 62.6 Å². The number of carbonyl (C=O) groups excluding carboxylic acids is 1. The van der Waals surface area contributed by atoms with E-state index >= 15 is 0 Å². The molecule has 1 aliphatic heterocycles. The molecule has 0 atom stereocenters. The van der Waals surface area contributed by atoms with Crippen LogP contribution in [0.2, 0.25) is 5.02 Å². The Kier molecular flexibility index (Phi) is 5.15. The second-order valence-corrected chi connectivity index (χ2v) is 8.13. The summed E-state index contributed by atoms with van der Waals surface area (Å²) in [6, 6.07) is 3.51. The second-order valence-electron chi connectivity index (χ2n) is 6.09. The number of nitro benzene ring substituents is 1. The number of likely N-dealkylation sites (N-methyl/N-ethyl adjacent to an activating group) is 1. The normalized spacial score (nSPS) is 15.5. The molecular formula is C16H15ClN6O5S. The fourth-order valence-corrected chi connectivity index (χ4v) is 3.68. The second kappa shape index (κ2) is 7.29. The molecule has 2 heterocycles. The number of aromatic nitrogens is 2. The number of halogens is 1. The van der Waals surface area contributed by atoms with Crippen LogP contribution >= 0.6 is 11.6 Å². The van der Waals surface area contributed by atoms with Crippen LogP contribution in [0.1, 0.15) is 11.3 Å². The highest BCUT2D eigenvalue weighted by atomic mass is 35.5. The lowest BCUT2D eigenvalue weighted by atomic mass is 10.1. The maximum Gasteiger partial charge on any atom is 0.345 e. The van der Waals surface area contributed by atoms with Crippen LogP contribution in [0.25, 0.3) is 0 Å². The maximum absolute atomic E-state index is 12.7. The molecule has 1 N–H and O–H groups in total. The number of aryl methyl sites for hydroxylation is 1. The summed E-state index contributed by atoms with van der Waals surface area (Å²) in [7, 11) is -1.27. The van der Waals surface area contributed by atoms with E-state index in [2.05, 4.69) is 14.8 Å². The summed E-state index contributed by atoms with van der Waals surface area (Å²) in [5, 5.41) is 17.3. The number of hydrogen-bond donors (Lipinski definition) is 1. The summed E-state index contributed by atoms with van der Waals surface area (Å²) in [6.07, 6.45) is 2.77. The minimum atomic E-state index is -4.15. The van der Waals surface area contributed by atoms with Gasteiger partial charge in [-0.3, -0.25) is 19.6 Å². The van der Waals surface area contributed by atoms with Gasteiger partial charge in [-0.05, 0) is 19.1 Å². The van der Waals surface area contributed by atoms with Crippen molar-refractivity contribution in [3.63, 3.8) is 0 Å². The maximum atomic E-state index is 12.7. The molecule has 0 saturated carbocycles. The van der Waals surface area contributed by atoms with Crippen LogP contribution in [0, 0.1) is 17.0 Å². The predicted octanol–water partition coefficient (Wildman–Crippen LogP) is 1.79. The fourth-order valence-electron chi connectivity index (χ4n) is 2.55. The molecular weight excluding hydrogens is 424 g/mol. The number of anilines is 1. The van der Waals surface area contributed by atoms with Crippen molar-refractivity contribution in [2.45, 2.75) is 6.92 Å². The van der Waals surface area contributed by atoms with Gasteiger partial charge in [0.05, 0.1) is 27.5 Å². The number of nitro groups is 1. The zero-order valence-corrected chi connectivity index (χ0v) is 17.0. The van der Waals surface area contributed by atoms with Crippen molar-refractivity contribution >= 4 is 44.8 Å². The molecule has 0 spiro atoms. The monoisotopic (exact) mass is 438 g/mol. The van der Waals surface area contributed by atoms with E-state index in [9.17, 15) is 23.3 Å². The summed E-state index contributed by atoms with van der Waals surface area (Å²) in [5.41, 5.74) is 0.837. The molecule has 13 heteroatoms. The molecule has 0 bridgehead atoms. The Morgan fingerprint density at radius 3 is 2.55 bits per heavy atom. The number of hydrogen-bond acceptors (Lipinski definition) is 6. The summed E-state index contributed by atoms with van der Waals surface area (Å²) in [5.74, 6) is -0.777. The number of carbonyl (C=O) groups is 1. The van der Waals surface area contributed by atoms with Crippen LogP contribution in [0.4, 0.5) is 11.4 Å². The minimum Gasteiger partial charge on any atom is -0.319 e. The third-order valence-electron chi connectivity index (χ3n) is 4.33. The topological polar surface area (TPSA) is 140 Å². The van der Waals surface area contributed by atoms with Gasteiger partial charge in [0.2, 0.25) is 0 Å². The first-order chi connectivity index (χ1) is 13.5. The van der Waals surface area contributed by atoms with E-state index in [0.29, 0.717) is 11.3 Å². The highest BCUT2D eigenvalue weighted by Gasteiger charge is 2.31. The number of nitrogens with zero attached hydrogens (tertiary/aromatic N) is 5. The van der Waals surface area contributed by atoms with E-state index in [1.807, 2.05) is 0 Å². The molecule has 1 aromatic heterocycles. The van der Waals surface area contributed by atoms with Crippen molar-refractivity contribution < 1.29 is 18.1 Å². The van der Waals surface area contributed by atoms with E-state index in [0.717, 1.165) is 10.4 Å².